The first-order valence-corrected chi connectivity index (χ1v) is 10.1. The first kappa shape index (κ1) is 23.9. The fourth-order valence-corrected chi connectivity index (χ4v) is 3.04. The molecule has 33 heavy (non-hydrogen) atoms. The quantitative estimate of drug-likeness (QED) is 0.516. The van der Waals surface area contributed by atoms with Crippen LogP contribution in [-0.2, 0) is 27.0 Å². The largest absolute Gasteiger partial charge is 0.466 e. The Balaban J connectivity index is 1.68. The highest BCUT2D eigenvalue weighted by Gasteiger charge is 2.30. The van der Waals surface area contributed by atoms with Gasteiger partial charge in [0.1, 0.15) is 6.54 Å². The fourth-order valence-electron chi connectivity index (χ4n) is 3.04. The first-order valence-electron chi connectivity index (χ1n) is 10.1. The number of nitrogens with zero attached hydrogens (tertiary/aromatic N) is 4. The second-order valence-electron chi connectivity index (χ2n) is 7.26. The zero-order valence-corrected chi connectivity index (χ0v) is 18.0. The minimum absolute atomic E-state index is 0.0514. The van der Waals surface area contributed by atoms with Crippen LogP contribution in [0.5, 0.6) is 0 Å². The standard InChI is InChI=1S/C22H22F3N5O3/c1-3-33-20(32)12-18(15-6-4-14(2)5-7-15)26-19(31)13-30-28-21(27-29-30)16-8-10-17(11-9-16)22(23,24)25/h4-11,18H,3,12-13H2,1-2H3,(H,26,31)/t18-/m0/s1. The van der Waals surface area contributed by atoms with Crippen LogP contribution in [0, 0.1) is 6.92 Å². The Hall–Kier alpha value is -3.76. The summed E-state index contributed by atoms with van der Waals surface area (Å²) in [6.45, 7) is 3.55. The molecule has 3 rings (SSSR count). The Labute approximate surface area is 187 Å². The number of tetrazole rings is 1. The van der Waals surface area contributed by atoms with E-state index < -0.39 is 29.7 Å². The molecule has 0 unspecified atom stereocenters. The third kappa shape index (κ3) is 6.61. The molecule has 3 aromatic rings. The number of carbonyl (C=O) groups is 2. The van der Waals surface area contributed by atoms with E-state index in [1.165, 1.54) is 12.1 Å². The molecule has 0 radical (unpaired) electrons. The zero-order chi connectivity index (χ0) is 24.0. The maximum absolute atomic E-state index is 12.7. The van der Waals surface area contributed by atoms with Crippen molar-refractivity contribution in [3.8, 4) is 11.4 Å². The number of alkyl halides is 3. The van der Waals surface area contributed by atoms with Gasteiger partial charge in [0.15, 0.2) is 0 Å². The minimum atomic E-state index is -4.45. The van der Waals surface area contributed by atoms with Gasteiger partial charge in [0, 0.05) is 5.56 Å². The van der Waals surface area contributed by atoms with Crippen molar-refractivity contribution in [1.82, 2.24) is 25.5 Å². The highest BCUT2D eigenvalue weighted by molar-refractivity contribution is 5.77. The van der Waals surface area contributed by atoms with Crippen molar-refractivity contribution >= 4 is 11.9 Å². The van der Waals surface area contributed by atoms with Gasteiger partial charge in [-0.2, -0.15) is 18.0 Å². The second kappa shape index (κ2) is 10.2. The predicted molar refractivity (Wildman–Crippen MR) is 112 cm³/mol. The molecule has 1 amide bonds. The number of hydrogen-bond donors (Lipinski definition) is 1. The summed E-state index contributed by atoms with van der Waals surface area (Å²) >= 11 is 0. The lowest BCUT2D eigenvalue weighted by Gasteiger charge is -2.18. The van der Waals surface area contributed by atoms with Gasteiger partial charge < -0.3 is 10.1 Å². The number of nitrogens with one attached hydrogen (secondary N) is 1. The van der Waals surface area contributed by atoms with Crippen LogP contribution in [0.4, 0.5) is 13.2 Å². The van der Waals surface area contributed by atoms with Crippen LogP contribution in [0.1, 0.15) is 36.1 Å². The molecule has 2 aromatic carbocycles. The van der Waals surface area contributed by atoms with Crippen molar-refractivity contribution in [2.24, 2.45) is 0 Å². The highest BCUT2D eigenvalue weighted by Crippen LogP contribution is 2.30. The van der Waals surface area contributed by atoms with E-state index in [0.29, 0.717) is 5.56 Å². The molecule has 0 aliphatic carbocycles. The number of hydrogen-bond acceptors (Lipinski definition) is 6. The Morgan fingerprint density at radius 3 is 2.36 bits per heavy atom. The maximum Gasteiger partial charge on any atom is 0.416 e. The normalized spacial score (nSPS) is 12.3. The van der Waals surface area contributed by atoms with Crippen molar-refractivity contribution in [3.63, 3.8) is 0 Å². The lowest BCUT2D eigenvalue weighted by molar-refractivity contribution is -0.144. The minimum Gasteiger partial charge on any atom is -0.466 e. The number of rotatable bonds is 8. The van der Waals surface area contributed by atoms with Crippen molar-refractivity contribution < 1.29 is 27.5 Å². The summed E-state index contributed by atoms with van der Waals surface area (Å²) in [6.07, 6.45) is -4.50. The number of esters is 1. The molecule has 0 saturated carbocycles. The molecule has 0 aliphatic rings. The third-order valence-electron chi connectivity index (χ3n) is 4.70. The van der Waals surface area contributed by atoms with Crippen LogP contribution in [0.3, 0.4) is 0 Å². The molecule has 1 atom stereocenters. The molecule has 174 valence electrons. The summed E-state index contributed by atoms with van der Waals surface area (Å²) < 4.78 is 43.1. The van der Waals surface area contributed by atoms with E-state index in [2.05, 4.69) is 20.7 Å². The number of amides is 1. The second-order valence-corrected chi connectivity index (χ2v) is 7.26. The van der Waals surface area contributed by atoms with E-state index in [1.807, 2.05) is 31.2 Å². The number of ether oxygens (including phenoxy) is 1. The Morgan fingerprint density at radius 1 is 1.09 bits per heavy atom. The van der Waals surface area contributed by atoms with Crippen LogP contribution >= 0.6 is 0 Å². The molecule has 11 heteroatoms. The third-order valence-corrected chi connectivity index (χ3v) is 4.70. The van der Waals surface area contributed by atoms with E-state index in [9.17, 15) is 22.8 Å². The number of halogens is 3. The average Bonchev–Trinajstić information content (AvgIpc) is 3.22. The molecule has 0 bridgehead atoms. The van der Waals surface area contributed by atoms with Crippen LogP contribution in [0.15, 0.2) is 48.5 Å². The molecule has 1 N–H and O–H groups in total. The van der Waals surface area contributed by atoms with E-state index >= 15 is 0 Å². The summed E-state index contributed by atoms with van der Waals surface area (Å²) in [6, 6.07) is 11.1. The molecular weight excluding hydrogens is 439 g/mol. The molecule has 0 aliphatic heterocycles. The monoisotopic (exact) mass is 461 g/mol. The average molecular weight is 461 g/mol. The molecule has 1 aromatic heterocycles. The summed E-state index contributed by atoms with van der Waals surface area (Å²) in [4.78, 5) is 25.6. The Kier molecular flexibility index (Phi) is 7.41. The van der Waals surface area contributed by atoms with Gasteiger partial charge in [-0.25, -0.2) is 0 Å². The van der Waals surface area contributed by atoms with Gasteiger partial charge in [0.25, 0.3) is 0 Å². The van der Waals surface area contributed by atoms with Gasteiger partial charge >= 0.3 is 12.1 Å². The van der Waals surface area contributed by atoms with E-state index in [1.54, 1.807) is 6.92 Å². The molecule has 8 nitrogen and oxygen atoms in total. The van der Waals surface area contributed by atoms with Gasteiger partial charge in [-0.05, 0) is 36.8 Å². The van der Waals surface area contributed by atoms with E-state index in [-0.39, 0.29) is 25.4 Å². The lowest BCUT2D eigenvalue weighted by atomic mass is 10.0. The number of carbonyl (C=O) groups excluding carboxylic acids is 2. The first-order chi connectivity index (χ1) is 15.7. The maximum atomic E-state index is 12.7. The lowest BCUT2D eigenvalue weighted by Crippen LogP contribution is -2.33. The van der Waals surface area contributed by atoms with Gasteiger partial charge in [-0.1, -0.05) is 42.0 Å². The summed E-state index contributed by atoms with van der Waals surface area (Å²) in [7, 11) is 0. The topological polar surface area (TPSA) is 99.0 Å². The van der Waals surface area contributed by atoms with E-state index in [4.69, 9.17) is 4.74 Å². The predicted octanol–water partition coefficient (Wildman–Crippen LogP) is 3.48. The SMILES string of the molecule is CCOC(=O)C[C@H](NC(=O)Cn1nnc(-c2ccc(C(F)(F)F)cc2)n1)c1ccc(C)cc1. The summed E-state index contributed by atoms with van der Waals surface area (Å²) in [5.74, 6) is -0.841. The van der Waals surface area contributed by atoms with Gasteiger partial charge in [-0.15, -0.1) is 10.2 Å². The smallest absolute Gasteiger partial charge is 0.416 e. The Bertz CT molecular complexity index is 1100. The van der Waals surface area contributed by atoms with Crippen molar-refractivity contribution in [1.29, 1.82) is 0 Å². The summed E-state index contributed by atoms with van der Waals surface area (Å²) in [5.41, 5.74) is 1.30. The van der Waals surface area contributed by atoms with Crippen LogP contribution in [0.25, 0.3) is 11.4 Å². The van der Waals surface area contributed by atoms with Gasteiger partial charge in [0.2, 0.25) is 11.7 Å². The van der Waals surface area contributed by atoms with E-state index in [0.717, 1.165) is 28.1 Å². The van der Waals surface area contributed by atoms with Crippen LogP contribution in [0.2, 0.25) is 0 Å². The fraction of sp³-hybridized carbons (Fsp3) is 0.318. The number of aromatic nitrogens is 4. The highest BCUT2D eigenvalue weighted by atomic mass is 19.4. The van der Waals surface area contributed by atoms with Crippen molar-refractivity contribution in [3.05, 3.63) is 65.2 Å². The number of aryl methyl sites for hydroxylation is 1. The van der Waals surface area contributed by atoms with Gasteiger partial charge in [0.05, 0.1) is 24.6 Å². The summed E-state index contributed by atoms with van der Waals surface area (Å²) in [5, 5.41) is 14.4. The Morgan fingerprint density at radius 2 is 1.76 bits per heavy atom. The van der Waals surface area contributed by atoms with Crippen molar-refractivity contribution in [2.75, 3.05) is 6.61 Å². The molecule has 0 fully saturated rings. The van der Waals surface area contributed by atoms with Crippen LogP contribution in [-0.4, -0.2) is 38.7 Å². The molecular formula is C22H22F3N5O3. The molecule has 0 saturated heterocycles. The van der Waals surface area contributed by atoms with Crippen LogP contribution < -0.4 is 5.32 Å². The molecule has 1 heterocycles. The zero-order valence-electron chi connectivity index (χ0n) is 18.0. The van der Waals surface area contributed by atoms with Crippen molar-refractivity contribution in [2.45, 2.75) is 39.0 Å². The molecule has 0 spiro atoms. The number of benzene rings is 2. The van der Waals surface area contributed by atoms with Gasteiger partial charge in [-0.3, -0.25) is 9.59 Å².